The van der Waals surface area contributed by atoms with Crippen molar-refractivity contribution < 1.29 is 9.15 Å². The molecule has 0 saturated carbocycles. The molecule has 0 N–H and O–H groups in total. The van der Waals surface area contributed by atoms with Crippen molar-refractivity contribution in [1.82, 2.24) is 0 Å². The van der Waals surface area contributed by atoms with Gasteiger partial charge in [-0.1, -0.05) is 26.0 Å². The highest BCUT2D eigenvalue weighted by molar-refractivity contribution is 5.85. The predicted octanol–water partition coefficient (Wildman–Crippen LogP) is 4.58. The Morgan fingerprint density at radius 3 is 2.56 bits per heavy atom. The molecule has 0 fully saturated rings. The number of anilines is 1. The number of rotatable bonds is 2. The Labute approximate surface area is 146 Å². The average Bonchev–Trinajstić information content (AvgIpc) is 2.61. The van der Waals surface area contributed by atoms with Crippen LogP contribution in [0.3, 0.4) is 0 Å². The molecule has 1 aliphatic heterocycles. The first-order valence-electron chi connectivity index (χ1n) is 8.57. The highest BCUT2D eigenvalue weighted by Crippen LogP contribution is 2.34. The summed E-state index contributed by atoms with van der Waals surface area (Å²) in [4.78, 5) is 14.0. The van der Waals surface area contributed by atoms with E-state index >= 15 is 0 Å². The predicted molar refractivity (Wildman–Crippen MR) is 99.4 cm³/mol. The Morgan fingerprint density at radius 2 is 1.84 bits per heavy atom. The van der Waals surface area contributed by atoms with Crippen molar-refractivity contribution in [3.63, 3.8) is 0 Å². The monoisotopic (exact) mass is 335 g/mol. The van der Waals surface area contributed by atoms with Crippen LogP contribution >= 0.6 is 0 Å². The fraction of sp³-hybridized carbons (Fsp3) is 0.286. The third-order valence-corrected chi connectivity index (χ3v) is 4.83. The molecule has 0 radical (unpaired) electrons. The molecule has 4 rings (SSSR count). The molecule has 0 spiro atoms. The van der Waals surface area contributed by atoms with Gasteiger partial charge in [0, 0.05) is 17.1 Å². The van der Waals surface area contributed by atoms with Crippen molar-refractivity contribution in [2.75, 3.05) is 11.6 Å². The molecule has 0 unspecified atom stereocenters. The largest absolute Gasteiger partial charge is 0.473 e. The van der Waals surface area contributed by atoms with Crippen LogP contribution in [0.15, 0.2) is 51.7 Å². The second kappa shape index (κ2) is 5.96. The summed E-state index contributed by atoms with van der Waals surface area (Å²) in [5, 5.41) is 0.957. The van der Waals surface area contributed by atoms with Gasteiger partial charge in [-0.3, -0.25) is 0 Å². The molecule has 128 valence electrons. The molecular formula is C21H21NO3. The van der Waals surface area contributed by atoms with E-state index in [2.05, 4.69) is 43.0 Å². The maximum absolute atomic E-state index is 11.8. The van der Waals surface area contributed by atoms with Gasteiger partial charge in [-0.15, -0.1) is 0 Å². The second-order valence-electron chi connectivity index (χ2n) is 6.89. The molecular weight excluding hydrogens is 314 g/mol. The molecule has 3 aromatic rings. The fourth-order valence-electron chi connectivity index (χ4n) is 3.33. The Hall–Kier alpha value is -2.75. The number of fused-ring (bicyclic) bond motifs is 3. The minimum Gasteiger partial charge on any atom is -0.473 e. The quantitative estimate of drug-likeness (QED) is 0.643. The van der Waals surface area contributed by atoms with Crippen LogP contribution in [0.4, 0.5) is 5.69 Å². The van der Waals surface area contributed by atoms with E-state index in [1.165, 1.54) is 11.6 Å². The van der Waals surface area contributed by atoms with Crippen LogP contribution in [0.2, 0.25) is 0 Å². The summed E-state index contributed by atoms with van der Waals surface area (Å²) in [6.45, 7) is 7.44. The van der Waals surface area contributed by atoms with E-state index in [4.69, 9.17) is 9.15 Å². The molecule has 0 saturated heterocycles. The molecule has 4 nitrogen and oxygen atoms in total. The highest BCUT2D eigenvalue weighted by Gasteiger charge is 2.22. The van der Waals surface area contributed by atoms with Gasteiger partial charge in [-0.2, -0.15) is 0 Å². The van der Waals surface area contributed by atoms with Crippen LogP contribution in [-0.2, 0) is 6.54 Å². The van der Waals surface area contributed by atoms with Gasteiger partial charge in [-0.25, -0.2) is 4.79 Å². The lowest BCUT2D eigenvalue weighted by Crippen LogP contribution is -2.32. The van der Waals surface area contributed by atoms with Gasteiger partial charge < -0.3 is 14.1 Å². The van der Waals surface area contributed by atoms with Crippen molar-refractivity contribution in [2.24, 2.45) is 0 Å². The molecule has 2 heterocycles. The number of aryl methyl sites for hydroxylation is 1. The van der Waals surface area contributed by atoms with E-state index in [1.807, 2.05) is 19.1 Å². The number of hydrogen-bond acceptors (Lipinski definition) is 4. The Kier molecular flexibility index (Phi) is 3.75. The molecule has 25 heavy (non-hydrogen) atoms. The lowest BCUT2D eigenvalue weighted by atomic mass is 10.0. The maximum Gasteiger partial charge on any atom is 0.336 e. The van der Waals surface area contributed by atoms with Crippen LogP contribution in [0.5, 0.6) is 5.75 Å². The lowest BCUT2D eigenvalue weighted by molar-refractivity contribution is 0.289. The molecule has 0 atom stereocenters. The molecule has 1 aliphatic rings. The number of benzene rings is 2. The van der Waals surface area contributed by atoms with Crippen molar-refractivity contribution in [1.29, 1.82) is 0 Å². The molecule has 4 heteroatoms. The normalized spacial score (nSPS) is 13.8. The minimum absolute atomic E-state index is 0.322. The first kappa shape index (κ1) is 15.8. The van der Waals surface area contributed by atoms with Crippen LogP contribution < -0.4 is 15.3 Å². The van der Waals surface area contributed by atoms with Crippen molar-refractivity contribution in [3.05, 3.63) is 69.6 Å². The summed E-state index contributed by atoms with van der Waals surface area (Å²) < 4.78 is 11.4. The topological polar surface area (TPSA) is 42.7 Å². The van der Waals surface area contributed by atoms with Gasteiger partial charge in [0.2, 0.25) is 0 Å². The Bertz CT molecular complexity index is 986. The Balaban J connectivity index is 1.75. The minimum atomic E-state index is -0.322. The summed E-state index contributed by atoms with van der Waals surface area (Å²) in [6, 6.07) is 14.0. The van der Waals surface area contributed by atoms with Crippen molar-refractivity contribution in [3.8, 4) is 5.75 Å². The molecule has 0 bridgehead atoms. The first-order chi connectivity index (χ1) is 12.0. The third kappa shape index (κ3) is 2.78. The van der Waals surface area contributed by atoms with E-state index in [9.17, 15) is 4.79 Å². The SMILES string of the molecule is Cc1cc(=O)oc2c3c(ccc12)OCN(c1ccc(C(C)C)cc1)C3. The van der Waals surface area contributed by atoms with E-state index in [1.54, 1.807) is 0 Å². The standard InChI is InChI=1S/C21H21NO3/c1-13(2)15-4-6-16(7-5-15)22-11-18-19(24-12-22)9-8-17-14(3)10-20(23)25-21(17)18/h4-10,13H,11-12H2,1-3H3. The number of nitrogens with zero attached hydrogens (tertiary/aromatic N) is 1. The second-order valence-corrected chi connectivity index (χ2v) is 6.89. The zero-order valence-corrected chi connectivity index (χ0v) is 14.7. The average molecular weight is 335 g/mol. The zero-order valence-electron chi connectivity index (χ0n) is 14.7. The molecule has 0 aliphatic carbocycles. The van der Waals surface area contributed by atoms with Gasteiger partial charge in [0.15, 0.2) is 6.73 Å². The summed E-state index contributed by atoms with van der Waals surface area (Å²) in [5.41, 5.74) is 4.57. The van der Waals surface area contributed by atoms with Crippen molar-refractivity contribution in [2.45, 2.75) is 33.2 Å². The van der Waals surface area contributed by atoms with Crippen LogP contribution in [-0.4, -0.2) is 6.73 Å². The lowest BCUT2D eigenvalue weighted by Gasteiger charge is -2.31. The maximum atomic E-state index is 11.8. The number of ether oxygens (including phenoxy) is 1. The molecule has 2 aromatic carbocycles. The van der Waals surface area contributed by atoms with Gasteiger partial charge >= 0.3 is 5.63 Å². The van der Waals surface area contributed by atoms with E-state index in [0.717, 1.165) is 28.0 Å². The zero-order chi connectivity index (χ0) is 17.6. The smallest absolute Gasteiger partial charge is 0.336 e. The fourth-order valence-corrected chi connectivity index (χ4v) is 3.33. The van der Waals surface area contributed by atoms with Crippen LogP contribution in [0.1, 0.15) is 36.5 Å². The summed E-state index contributed by atoms with van der Waals surface area (Å²) >= 11 is 0. The van der Waals surface area contributed by atoms with Gasteiger partial charge in [0.25, 0.3) is 0 Å². The highest BCUT2D eigenvalue weighted by atomic mass is 16.5. The van der Waals surface area contributed by atoms with Gasteiger partial charge in [-0.05, 0) is 48.2 Å². The summed E-state index contributed by atoms with van der Waals surface area (Å²) in [5.74, 6) is 1.30. The Morgan fingerprint density at radius 1 is 1.08 bits per heavy atom. The third-order valence-electron chi connectivity index (χ3n) is 4.83. The summed E-state index contributed by atoms with van der Waals surface area (Å²) in [7, 11) is 0. The molecule has 0 amide bonds. The van der Waals surface area contributed by atoms with Crippen LogP contribution in [0.25, 0.3) is 11.0 Å². The van der Waals surface area contributed by atoms with Crippen molar-refractivity contribution >= 4 is 16.7 Å². The van der Waals surface area contributed by atoms with Crippen LogP contribution in [0, 0.1) is 6.92 Å². The van der Waals surface area contributed by atoms with E-state index in [0.29, 0.717) is 24.8 Å². The number of hydrogen-bond donors (Lipinski definition) is 0. The first-order valence-corrected chi connectivity index (χ1v) is 8.57. The summed E-state index contributed by atoms with van der Waals surface area (Å²) in [6.07, 6.45) is 0. The van der Waals surface area contributed by atoms with E-state index in [-0.39, 0.29) is 5.63 Å². The molecule has 1 aromatic heterocycles. The van der Waals surface area contributed by atoms with Gasteiger partial charge in [0.1, 0.15) is 11.3 Å². The van der Waals surface area contributed by atoms with E-state index < -0.39 is 0 Å². The van der Waals surface area contributed by atoms with Gasteiger partial charge in [0.05, 0.1) is 12.1 Å².